The molecule has 0 amide bonds. The zero-order chi connectivity index (χ0) is 13.7. The summed E-state index contributed by atoms with van der Waals surface area (Å²) >= 11 is 11.5. The lowest BCUT2D eigenvalue weighted by atomic mass is 10.2. The van der Waals surface area contributed by atoms with Crippen LogP contribution >= 0.6 is 23.2 Å². The zero-order valence-corrected chi connectivity index (χ0v) is 11.0. The Bertz CT molecular complexity index is 453. The Morgan fingerprint density at radius 2 is 1.94 bits per heavy atom. The van der Waals surface area contributed by atoms with Gasteiger partial charge in [0.05, 0.1) is 27.9 Å². The Labute approximate surface area is 114 Å². The highest BCUT2D eigenvalue weighted by Crippen LogP contribution is 2.29. The molecule has 0 fully saturated rings. The fourth-order valence-corrected chi connectivity index (χ4v) is 1.47. The summed E-state index contributed by atoms with van der Waals surface area (Å²) in [5.74, 6) is -1.35. The smallest absolute Gasteiger partial charge is 0.344 e. The van der Waals surface area contributed by atoms with Crippen molar-refractivity contribution in [3.8, 4) is 0 Å². The Morgan fingerprint density at radius 1 is 1.28 bits per heavy atom. The number of ether oxygens (including phenoxy) is 2. The van der Waals surface area contributed by atoms with E-state index < -0.39 is 18.5 Å². The van der Waals surface area contributed by atoms with E-state index in [9.17, 15) is 9.59 Å². The first-order chi connectivity index (χ1) is 8.45. The van der Waals surface area contributed by atoms with Gasteiger partial charge in [-0.25, -0.2) is 9.59 Å². The molecule has 1 rings (SSSR count). The molecule has 0 spiro atoms. The van der Waals surface area contributed by atoms with Gasteiger partial charge in [-0.2, -0.15) is 0 Å². The number of halogens is 2. The second-order valence-corrected chi connectivity index (χ2v) is 4.03. The molecule has 2 N–H and O–H groups in total. The number of nitrogens with two attached hydrogens (primary N) is 1. The van der Waals surface area contributed by atoms with Gasteiger partial charge in [0.2, 0.25) is 0 Å². The van der Waals surface area contributed by atoms with Gasteiger partial charge in [0.15, 0.2) is 6.61 Å². The average Bonchev–Trinajstić information content (AvgIpc) is 2.32. The summed E-state index contributed by atoms with van der Waals surface area (Å²) in [5, 5.41) is 0.304. The number of carbonyl (C=O) groups excluding carboxylic acids is 2. The molecule has 0 bridgehead atoms. The fraction of sp³-hybridized carbons (Fsp3) is 0.273. The predicted molar refractivity (Wildman–Crippen MR) is 67.8 cm³/mol. The van der Waals surface area contributed by atoms with Crippen molar-refractivity contribution >= 4 is 40.8 Å². The van der Waals surface area contributed by atoms with Gasteiger partial charge in [0, 0.05) is 0 Å². The highest BCUT2D eigenvalue weighted by atomic mass is 35.5. The van der Waals surface area contributed by atoms with Crippen molar-refractivity contribution in [3.05, 3.63) is 27.7 Å². The molecular weight excluding hydrogens is 281 g/mol. The van der Waals surface area contributed by atoms with Crippen LogP contribution in [0.2, 0.25) is 10.0 Å². The number of anilines is 1. The van der Waals surface area contributed by atoms with Crippen molar-refractivity contribution in [1.29, 1.82) is 0 Å². The average molecular weight is 292 g/mol. The standard InChI is InChI=1S/C11H11Cl2NO4/c1-2-17-9(15)5-18-11(16)6-3-7(12)10(13)8(14)4-6/h3-4H,2,5,14H2,1H3. The van der Waals surface area contributed by atoms with Crippen LogP contribution in [-0.2, 0) is 14.3 Å². The Hall–Kier alpha value is -1.46. The lowest BCUT2D eigenvalue weighted by Gasteiger charge is -2.07. The van der Waals surface area contributed by atoms with Crippen molar-refractivity contribution in [3.63, 3.8) is 0 Å². The first kappa shape index (κ1) is 14.6. The molecule has 18 heavy (non-hydrogen) atoms. The molecule has 98 valence electrons. The third-order valence-electron chi connectivity index (χ3n) is 1.92. The van der Waals surface area contributed by atoms with Crippen LogP contribution in [-0.4, -0.2) is 25.2 Å². The normalized spacial score (nSPS) is 9.94. The zero-order valence-electron chi connectivity index (χ0n) is 9.54. The molecule has 0 aromatic heterocycles. The van der Waals surface area contributed by atoms with E-state index in [1.807, 2.05) is 0 Å². The molecule has 0 radical (unpaired) electrons. The van der Waals surface area contributed by atoms with E-state index in [4.69, 9.17) is 33.7 Å². The van der Waals surface area contributed by atoms with Crippen molar-refractivity contribution in [2.45, 2.75) is 6.92 Å². The predicted octanol–water partition coefficient (Wildman–Crippen LogP) is 2.30. The van der Waals surface area contributed by atoms with E-state index in [1.54, 1.807) is 6.92 Å². The van der Waals surface area contributed by atoms with Crippen molar-refractivity contribution in [2.75, 3.05) is 18.9 Å². The summed E-state index contributed by atoms with van der Waals surface area (Å²) in [4.78, 5) is 22.6. The summed E-state index contributed by atoms with van der Waals surface area (Å²) < 4.78 is 9.33. The highest BCUT2D eigenvalue weighted by molar-refractivity contribution is 6.43. The van der Waals surface area contributed by atoms with E-state index in [2.05, 4.69) is 4.74 Å². The quantitative estimate of drug-likeness (QED) is 0.680. The van der Waals surface area contributed by atoms with Crippen LogP contribution in [0.4, 0.5) is 5.69 Å². The van der Waals surface area contributed by atoms with Gasteiger partial charge in [-0.15, -0.1) is 0 Å². The molecule has 0 heterocycles. The Kier molecular flexibility index (Phi) is 5.25. The minimum absolute atomic E-state index is 0.117. The van der Waals surface area contributed by atoms with Crippen LogP contribution in [0.25, 0.3) is 0 Å². The molecule has 0 saturated heterocycles. The van der Waals surface area contributed by atoms with Gasteiger partial charge in [-0.05, 0) is 19.1 Å². The van der Waals surface area contributed by atoms with E-state index in [0.29, 0.717) is 0 Å². The Balaban J connectivity index is 2.70. The number of rotatable bonds is 4. The largest absolute Gasteiger partial charge is 0.463 e. The summed E-state index contributed by atoms with van der Waals surface area (Å²) in [7, 11) is 0. The van der Waals surface area contributed by atoms with E-state index in [0.717, 1.165) is 0 Å². The summed E-state index contributed by atoms with van der Waals surface area (Å²) in [6.45, 7) is 1.41. The summed E-state index contributed by atoms with van der Waals surface area (Å²) in [6, 6.07) is 2.63. The lowest BCUT2D eigenvalue weighted by molar-refractivity contribution is -0.146. The molecule has 1 aromatic rings. The maximum absolute atomic E-state index is 11.6. The molecule has 0 saturated carbocycles. The van der Waals surface area contributed by atoms with Crippen LogP contribution < -0.4 is 5.73 Å². The van der Waals surface area contributed by atoms with Gasteiger partial charge in [0.25, 0.3) is 0 Å². The van der Waals surface area contributed by atoms with Crippen molar-refractivity contribution in [1.82, 2.24) is 0 Å². The van der Waals surface area contributed by atoms with Crippen LogP contribution in [0.15, 0.2) is 12.1 Å². The molecule has 5 nitrogen and oxygen atoms in total. The summed E-state index contributed by atoms with van der Waals surface area (Å²) in [5.41, 5.74) is 5.82. The minimum Gasteiger partial charge on any atom is -0.463 e. The Morgan fingerprint density at radius 3 is 2.50 bits per heavy atom. The topological polar surface area (TPSA) is 78.6 Å². The van der Waals surface area contributed by atoms with Crippen LogP contribution in [0.5, 0.6) is 0 Å². The van der Waals surface area contributed by atoms with Crippen LogP contribution in [0, 0.1) is 0 Å². The maximum atomic E-state index is 11.6. The highest BCUT2D eigenvalue weighted by Gasteiger charge is 2.14. The number of hydrogen-bond donors (Lipinski definition) is 1. The van der Waals surface area contributed by atoms with Gasteiger partial charge in [-0.3, -0.25) is 0 Å². The van der Waals surface area contributed by atoms with Gasteiger partial charge >= 0.3 is 11.9 Å². The molecule has 7 heteroatoms. The second kappa shape index (κ2) is 6.47. The lowest BCUT2D eigenvalue weighted by Crippen LogP contribution is -2.16. The van der Waals surface area contributed by atoms with E-state index in [-0.39, 0.29) is 27.9 Å². The molecule has 0 aliphatic carbocycles. The van der Waals surface area contributed by atoms with Crippen LogP contribution in [0.3, 0.4) is 0 Å². The fourth-order valence-electron chi connectivity index (χ4n) is 1.14. The maximum Gasteiger partial charge on any atom is 0.344 e. The number of benzene rings is 1. The van der Waals surface area contributed by atoms with E-state index >= 15 is 0 Å². The van der Waals surface area contributed by atoms with Gasteiger partial charge in [-0.1, -0.05) is 23.2 Å². The van der Waals surface area contributed by atoms with Crippen molar-refractivity contribution < 1.29 is 19.1 Å². The van der Waals surface area contributed by atoms with Gasteiger partial charge < -0.3 is 15.2 Å². The molecule has 0 aliphatic heterocycles. The number of esters is 2. The first-order valence-electron chi connectivity index (χ1n) is 5.03. The molecule has 0 atom stereocenters. The van der Waals surface area contributed by atoms with Crippen molar-refractivity contribution in [2.24, 2.45) is 0 Å². The third kappa shape index (κ3) is 3.78. The minimum atomic E-state index is -0.728. The summed E-state index contributed by atoms with van der Waals surface area (Å²) in [6.07, 6.45) is 0. The molecule has 0 unspecified atom stereocenters. The SMILES string of the molecule is CCOC(=O)COC(=O)c1cc(N)c(Cl)c(Cl)c1. The molecule has 0 aliphatic rings. The second-order valence-electron chi connectivity index (χ2n) is 3.24. The number of hydrogen-bond acceptors (Lipinski definition) is 5. The van der Waals surface area contributed by atoms with E-state index in [1.165, 1.54) is 12.1 Å². The third-order valence-corrected chi connectivity index (χ3v) is 2.74. The monoisotopic (exact) mass is 291 g/mol. The molecule has 1 aromatic carbocycles. The van der Waals surface area contributed by atoms with Crippen LogP contribution in [0.1, 0.15) is 17.3 Å². The van der Waals surface area contributed by atoms with Gasteiger partial charge in [0.1, 0.15) is 0 Å². The first-order valence-corrected chi connectivity index (χ1v) is 5.78. The number of nitrogen functional groups attached to an aromatic ring is 1. The number of carbonyl (C=O) groups is 2. The molecular formula is C11H11Cl2NO4.